The Bertz CT molecular complexity index is 652. The predicted molar refractivity (Wildman–Crippen MR) is 86.1 cm³/mol. The van der Waals surface area contributed by atoms with Crippen LogP contribution in [0, 0.1) is 9.39 Å². The van der Waals surface area contributed by atoms with Crippen molar-refractivity contribution in [2.24, 2.45) is 0 Å². The van der Waals surface area contributed by atoms with Crippen LogP contribution in [0.3, 0.4) is 0 Å². The number of carbonyl (C=O) groups excluding carboxylic acids is 1. The summed E-state index contributed by atoms with van der Waals surface area (Å²) in [5, 5.41) is 14.1. The van der Waals surface area contributed by atoms with E-state index in [0.717, 1.165) is 3.57 Å². The van der Waals surface area contributed by atoms with Crippen molar-refractivity contribution < 1.29 is 14.3 Å². The van der Waals surface area contributed by atoms with Crippen molar-refractivity contribution in [1.29, 1.82) is 0 Å². The summed E-state index contributed by atoms with van der Waals surface area (Å²) in [6, 6.07) is 6.28. The molecule has 0 aliphatic rings. The number of anilines is 2. The highest BCUT2D eigenvalue weighted by Crippen LogP contribution is 2.23. The molecule has 0 atom stereocenters. The number of aliphatic hydroxyl groups excluding tert-OH is 1. The molecule has 5 nitrogen and oxygen atoms in total. The van der Waals surface area contributed by atoms with Crippen LogP contribution < -0.4 is 10.6 Å². The molecule has 3 N–H and O–H groups in total. The maximum absolute atomic E-state index is 13.9. The Labute approximate surface area is 134 Å². The van der Waals surface area contributed by atoms with E-state index >= 15 is 0 Å². The molecule has 0 aliphatic heterocycles. The third-order valence-corrected chi connectivity index (χ3v) is 3.33. The predicted octanol–water partition coefficient (Wildman–Crippen LogP) is 2.29. The number of aliphatic hydroxyl groups is 1. The van der Waals surface area contributed by atoms with E-state index < -0.39 is 5.82 Å². The molecule has 0 bridgehead atoms. The van der Waals surface area contributed by atoms with Crippen LogP contribution in [-0.2, 0) is 0 Å². The fraction of sp³-hybridized carbons (Fsp3) is 0.143. The molecule has 2 rings (SSSR count). The van der Waals surface area contributed by atoms with Crippen LogP contribution in [0.2, 0.25) is 0 Å². The Morgan fingerprint density at radius 3 is 2.86 bits per heavy atom. The molecular formula is C14H13FIN3O2. The Kier molecular flexibility index (Phi) is 5.45. The normalized spacial score (nSPS) is 10.2. The first-order valence-corrected chi connectivity index (χ1v) is 7.25. The van der Waals surface area contributed by atoms with Gasteiger partial charge >= 0.3 is 0 Å². The average Bonchev–Trinajstić information content (AvgIpc) is 2.48. The van der Waals surface area contributed by atoms with Gasteiger partial charge < -0.3 is 15.7 Å². The van der Waals surface area contributed by atoms with Gasteiger partial charge in [-0.15, -0.1) is 0 Å². The minimum absolute atomic E-state index is 0.147. The summed E-state index contributed by atoms with van der Waals surface area (Å²) in [5.41, 5.74) is 0.990. The molecular weight excluding hydrogens is 388 g/mol. The molecule has 0 saturated carbocycles. The molecule has 1 aromatic carbocycles. The Morgan fingerprint density at radius 2 is 2.14 bits per heavy atom. The lowest BCUT2D eigenvalue weighted by molar-refractivity contribution is 0.0945. The Hall–Kier alpha value is -1.74. The number of halogens is 2. The second kappa shape index (κ2) is 7.32. The lowest BCUT2D eigenvalue weighted by Gasteiger charge is -2.12. The second-order valence-electron chi connectivity index (χ2n) is 4.15. The maximum Gasteiger partial charge on any atom is 0.253 e. The summed E-state index contributed by atoms with van der Waals surface area (Å²) in [5.74, 6) is -0.771. The fourth-order valence-electron chi connectivity index (χ4n) is 1.69. The van der Waals surface area contributed by atoms with E-state index in [2.05, 4.69) is 15.6 Å². The fourth-order valence-corrected chi connectivity index (χ4v) is 2.15. The number of hydrogen-bond acceptors (Lipinski definition) is 4. The molecule has 0 radical (unpaired) electrons. The van der Waals surface area contributed by atoms with E-state index in [-0.39, 0.29) is 24.7 Å². The zero-order valence-electron chi connectivity index (χ0n) is 10.9. The molecule has 0 spiro atoms. The van der Waals surface area contributed by atoms with Gasteiger partial charge in [-0.2, -0.15) is 0 Å². The zero-order valence-corrected chi connectivity index (χ0v) is 13.1. The smallest absolute Gasteiger partial charge is 0.253 e. The molecule has 1 heterocycles. The quantitative estimate of drug-likeness (QED) is 0.673. The number of pyridine rings is 1. The first-order chi connectivity index (χ1) is 10.1. The first kappa shape index (κ1) is 15.6. The summed E-state index contributed by atoms with van der Waals surface area (Å²) in [6.45, 7) is 0.00379. The molecule has 1 aromatic heterocycles. The van der Waals surface area contributed by atoms with Gasteiger partial charge in [-0.05, 0) is 46.9 Å². The van der Waals surface area contributed by atoms with Gasteiger partial charge in [0.2, 0.25) is 0 Å². The first-order valence-electron chi connectivity index (χ1n) is 6.17. The highest BCUT2D eigenvalue weighted by molar-refractivity contribution is 14.1. The number of nitrogens with zero attached hydrogens (tertiary/aromatic N) is 1. The number of nitrogens with one attached hydrogen (secondary N) is 2. The van der Waals surface area contributed by atoms with E-state index in [1.165, 1.54) is 24.5 Å². The van der Waals surface area contributed by atoms with Gasteiger partial charge in [-0.25, -0.2) is 4.39 Å². The number of rotatable bonds is 5. The van der Waals surface area contributed by atoms with Crippen molar-refractivity contribution in [3.05, 3.63) is 51.6 Å². The standard InChI is InChI=1S/C14H13FIN3O2/c15-11-7-9(16)1-2-12(11)19-13-8-17-4-3-10(13)14(21)18-5-6-20/h1-4,7-8,19-20H,5-6H2,(H,18,21). The van der Waals surface area contributed by atoms with Crippen molar-refractivity contribution >= 4 is 39.9 Å². The summed E-state index contributed by atoms with van der Waals surface area (Å²) < 4.78 is 14.6. The lowest BCUT2D eigenvalue weighted by atomic mass is 10.2. The largest absolute Gasteiger partial charge is 0.395 e. The van der Waals surface area contributed by atoms with Crippen LogP contribution in [0.4, 0.5) is 15.8 Å². The molecule has 110 valence electrons. The molecule has 7 heteroatoms. The van der Waals surface area contributed by atoms with Crippen LogP contribution in [0.25, 0.3) is 0 Å². The number of carbonyl (C=O) groups is 1. The van der Waals surface area contributed by atoms with Crippen LogP contribution in [0.15, 0.2) is 36.7 Å². The molecule has 0 fully saturated rings. The van der Waals surface area contributed by atoms with E-state index in [1.54, 1.807) is 12.1 Å². The average molecular weight is 401 g/mol. The molecule has 0 unspecified atom stereocenters. The van der Waals surface area contributed by atoms with Crippen molar-refractivity contribution in [2.75, 3.05) is 18.5 Å². The molecule has 1 amide bonds. The summed E-state index contributed by atoms with van der Waals surface area (Å²) in [7, 11) is 0. The number of aromatic nitrogens is 1. The minimum atomic E-state index is -0.410. The second-order valence-corrected chi connectivity index (χ2v) is 5.40. The van der Waals surface area contributed by atoms with Crippen LogP contribution >= 0.6 is 22.6 Å². The van der Waals surface area contributed by atoms with Gasteiger partial charge in [0, 0.05) is 16.3 Å². The van der Waals surface area contributed by atoms with Gasteiger partial charge in [0.15, 0.2) is 0 Å². The minimum Gasteiger partial charge on any atom is -0.395 e. The van der Waals surface area contributed by atoms with E-state index in [9.17, 15) is 9.18 Å². The van der Waals surface area contributed by atoms with Gasteiger partial charge in [-0.3, -0.25) is 9.78 Å². The van der Waals surface area contributed by atoms with Crippen molar-refractivity contribution in [1.82, 2.24) is 10.3 Å². The maximum atomic E-state index is 13.9. The third-order valence-electron chi connectivity index (χ3n) is 2.66. The van der Waals surface area contributed by atoms with Gasteiger partial charge in [0.25, 0.3) is 5.91 Å². The molecule has 0 aliphatic carbocycles. The molecule has 0 saturated heterocycles. The topological polar surface area (TPSA) is 74.2 Å². The van der Waals surface area contributed by atoms with Crippen molar-refractivity contribution in [2.45, 2.75) is 0 Å². The molecule has 21 heavy (non-hydrogen) atoms. The van der Waals surface area contributed by atoms with Crippen LogP contribution in [-0.4, -0.2) is 29.1 Å². The van der Waals surface area contributed by atoms with E-state index in [4.69, 9.17) is 5.11 Å². The van der Waals surface area contributed by atoms with Gasteiger partial charge in [0.1, 0.15) is 5.82 Å². The number of amides is 1. The van der Waals surface area contributed by atoms with Crippen molar-refractivity contribution in [3.63, 3.8) is 0 Å². The Morgan fingerprint density at radius 1 is 1.33 bits per heavy atom. The highest BCUT2D eigenvalue weighted by atomic mass is 127. The van der Waals surface area contributed by atoms with Gasteiger partial charge in [0.05, 0.1) is 29.7 Å². The van der Waals surface area contributed by atoms with Crippen molar-refractivity contribution in [3.8, 4) is 0 Å². The Balaban J connectivity index is 2.26. The van der Waals surface area contributed by atoms with Gasteiger partial charge in [-0.1, -0.05) is 0 Å². The molecule has 2 aromatic rings. The highest BCUT2D eigenvalue weighted by Gasteiger charge is 2.12. The summed E-state index contributed by atoms with van der Waals surface area (Å²) in [6.07, 6.45) is 2.93. The van der Waals surface area contributed by atoms with E-state index in [1.807, 2.05) is 22.6 Å². The number of hydrogen-bond donors (Lipinski definition) is 3. The number of benzene rings is 1. The third kappa shape index (κ3) is 4.11. The van der Waals surface area contributed by atoms with E-state index in [0.29, 0.717) is 11.3 Å². The van der Waals surface area contributed by atoms with Crippen LogP contribution in [0.1, 0.15) is 10.4 Å². The summed E-state index contributed by atoms with van der Waals surface area (Å²) >= 11 is 2.02. The SMILES string of the molecule is O=C(NCCO)c1ccncc1Nc1ccc(I)cc1F. The summed E-state index contributed by atoms with van der Waals surface area (Å²) in [4.78, 5) is 15.9. The van der Waals surface area contributed by atoms with Crippen LogP contribution in [0.5, 0.6) is 0 Å². The lowest BCUT2D eigenvalue weighted by Crippen LogP contribution is -2.27. The zero-order chi connectivity index (χ0) is 15.2. The monoisotopic (exact) mass is 401 g/mol.